The zero-order valence-electron chi connectivity index (χ0n) is 18.0. The minimum atomic E-state index is -0.412. The summed E-state index contributed by atoms with van der Waals surface area (Å²) in [5, 5.41) is 2.56. The Morgan fingerprint density at radius 2 is 2.00 bits per heavy atom. The molecule has 0 saturated carbocycles. The number of anilines is 1. The third kappa shape index (κ3) is 3.17. The lowest BCUT2D eigenvalue weighted by Crippen LogP contribution is -2.55. The fraction of sp³-hybridized carbons (Fsp3) is 0.320. The number of hydrogen-bond donors (Lipinski definition) is 0. The lowest BCUT2D eigenvalue weighted by molar-refractivity contribution is 0.297. The Hall–Kier alpha value is -3.28. The van der Waals surface area contributed by atoms with Crippen LogP contribution in [-0.2, 0) is 0 Å². The van der Waals surface area contributed by atoms with Gasteiger partial charge in [0.15, 0.2) is 5.82 Å². The number of methoxy groups -OCH3 is 1. The van der Waals surface area contributed by atoms with Crippen LogP contribution in [-0.4, -0.2) is 34.6 Å². The van der Waals surface area contributed by atoms with Gasteiger partial charge in [-0.15, -0.1) is 0 Å². The third-order valence-corrected chi connectivity index (χ3v) is 6.34. The van der Waals surface area contributed by atoms with E-state index in [2.05, 4.69) is 33.7 Å². The number of pyridine rings is 1. The first-order chi connectivity index (χ1) is 15.1. The molecule has 2 aromatic heterocycles. The van der Waals surface area contributed by atoms with Gasteiger partial charge >= 0.3 is 0 Å². The maximum absolute atomic E-state index is 15.7. The lowest BCUT2D eigenvalue weighted by atomic mass is 9.87. The van der Waals surface area contributed by atoms with Gasteiger partial charge in [0.2, 0.25) is 0 Å². The predicted octanol–water partition coefficient (Wildman–Crippen LogP) is 5.62. The molecule has 0 spiro atoms. The predicted molar refractivity (Wildman–Crippen MR) is 122 cm³/mol. The van der Waals surface area contributed by atoms with Crippen molar-refractivity contribution < 1.29 is 9.13 Å². The molecule has 1 aliphatic rings. The van der Waals surface area contributed by atoms with Crippen molar-refractivity contribution in [2.75, 3.05) is 18.6 Å². The molecule has 0 N–H and O–H groups in total. The molecule has 0 aliphatic carbocycles. The van der Waals surface area contributed by atoms with Crippen molar-refractivity contribution in [2.45, 2.75) is 32.7 Å². The molecule has 5 rings (SSSR count). The third-order valence-electron chi connectivity index (χ3n) is 6.34. The van der Waals surface area contributed by atoms with Gasteiger partial charge in [-0.2, -0.15) is 0 Å². The number of ether oxygens (including phenoxy) is 1. The van der Waals surface area contributed by atoms with Gasteiger partial charge in [-0.25, -0.2) is 14.4 Å². The van der Waals surface area contributed by atoms with Gasteiger partial charge in [0, 0.05) is 24.3 Å². The minimum absolute atomic E-state index is 0.301. The molecule has 1 aliphatic heterocycles. The molecular weight excluding hydrogens is 391 g/mol. The molecule has 0 amide bonds. The van der Waals surface area contributed by atoms with Crippen molar-refractivity contribution in [3.63, 3.8) is 0 Å². The maximum Gasteiger partial charge on any atom is 0.175 e. The van der Waals surface area contributed by atoms with E-state index in [9.17, 15) is 0 Å². The Bertz CT molecular complexity index is 1280. The highest BCUT2D eigenvalue weighted by Crippen LogP contribution is 2.38. The molecule has 158 valence electrons. The molecular formula is C25H25FN4O. The van der Waals surface area contributed by atoms with E-state index in [0.717, 1.165) is 47.3 Å². The van der Waals surface area contributed by atoms with Crippen LogP contribution in [0.5, 0.6) is 5.75 Å². The number of benzene rings is 2. The van der Waals surface area contributed by atoms with Crippen LogP contribution in [0.4, 0.5) is 10.2 Å². The fourth-order valence-electron chi connectivity index (χ4n) is 4.71. The van der Waals surface area contributed by atoms with E-state index in [1.807, 2.05) is 36.4 Å². The largest absolute Gasteiger partial charge is 0.497 e. The van der Waals surface area contributed by atoms with E-state index in [0.29, 0.717) is 28.6 Å². The van der Waals surface area contributed by atoms with Crippen LogP contribution in [0, 0.1) is 11.7 Å². The quantitative estimate of drug-likeness (QED) is 0.423. The number of hydrogen-bond acceptors (Lipinski definition) is 5. The Morgan fingerprint density at radius 3 is 2.77 bits per heavy atom. The lowest BCUT2D eigenvalue weighted by Gasteiger charge is -2.48. The summed E-state index contributed by atoms with van der Waals surface area (Å²) in [5.74, 6) is 1.74. The standard InChI is InChI=1S/C25H25FN4O/c1-4-6-21-15(2)13-30(21)25-20-12-27-23(22(26)24(20)28-14-29-25)19-8-5-7-16-11-17(31-3)9-10-18(16)19/h5,7-12,14-15,21H,4,6,13H2,1-3H3/t15-,21-/m1/s1. The first-order valence-electron chi connectivity index (χ1n) is 10.7. The van der Waals surface area contributed by atoms with Crippen molar-refractivity contribution in [3.8, 4) is 17.0 Å². The highest BCUT2D eigenvalue weighted by atomic mass is 19.1. The number of nitrogens with zero attached hydrogens (tertiary/aromatic N) is 4. The van der Waals surface area contributed by atoms with Gasteiger partial charge in [-0.05, 0) is 35.2 Å². The smallest absolute Gasteiger partial charge is 0.175 e. The van der Waals surface area contributed by atoms with Gasteiger partial charge in [-0.3, -0.25) is 4.98 Å². The highest BCUT2D eigenvalue weighted by molar-refractivity contribution is 5.99. The van der Waals surface area contributed by atoms with Crippen molar-refractivity contribution in [1.82, 2.24) is 15.0 Å². The van der Waals surface area contributed by atoms with Crippen molar-refractivity contribution in [1.29, 1.82) is 0 Å². The van der Waals surface area contributed by atoms with Crippen molar-refractivity contribution >= 4 is 27.5 Å². The van der Waals surface area contributed by atoms with Gasteiger partial charge in [0.05, 0.1) is 12.5 Å². The molecule has 5 nitrogen and oxygen atoms in total. The summed E-state index contributed by atoms with van der Waals surface area (Å²) in [4.78, 5) is 15.6. The number of fused-ring (bicyclic) bond motifs is 2. The first-order valence-corrected chi connectivity index (χ1v) is 10.7. The molecule has 3 heterocycles. The van der Waals surface area contributed by atoms with Crippen LogP contribution in [0.2, 0.25) is 0 Å². The zero-order valence-corrected chi connectivity index (χ0v) is 18.0. The molecule has 2 aromatic carbocycles. The summed E-state index contributed by atoms with van der Waals surface area (Å²) in [6, 6.07) is 12.0. The topological polar surface area (TPSA) is 51.1 Å². The molecule has 0 unspecified atom stereocenters. The summed E-state index contributed by atoms with van der Waals surface area (Å²) in [5.41, 5.74) is 1.35. The van der Waals surface area contributed by atoms with E-state index in [4.69, 9.17) is 4.74 Å². The molecule has 31 heavy (non-hydrogen) atoms. The Labute approximate surface area is 180 Å². The summed E-state index contributed by atoms with van der Waals surface area (Å²) >= 11 is 0. The van der Waals surface area contributed by atoms with E-state index in [1.165, 1.54) is 6.33 Å². The number of rotatable bonds is 5. The van der Waals surface area contributed by atoms with Gasteiger partial charge in [0.25, 0.3) is 0 Å². The van der Waals surface area contributed by atoms with E-state index in [-0.39, 0.29) is 0 Å². The SMILES string of the molecule is CCC[C@@H]1[C@H](C)CN1c1ncnc2c(F)c(-c3cccc4cc(OC)ccc34)ncc12. The summed E-state index contributed by atoms with van der Waals surface area (Å²) in [6.45, 7) is 5.37. The molecule has 1 fully saturated rings. The summed E-state index contributed by atoms with van der Waals surface area (Å²) < 4.78 is 21.0. The van der Waals surface area contributed by atoms with Gasteiger partial charge < -0.3 is 9.64 Å². The van der Waals surface area contributed by atoms with Gasteiger partial charge in [-0.1, -0.05) is 44.5 Å². The second kappa shape index (κ2) is 7.76. The summed E-state index contributed by atoms with van der Waals surface area (Å²) in [7, 11) is 1.64. The maximum atomic E-state index is 15.7. The highest BCUT2D eigenvalue weighted by Gasteiger charge is 2.36. The molecule has 0 bridgehead atoms. The van der Waals surface area contributed by atoms with Crippen LogP contribution in [0.25, 0.3) is 32.9 Å². The van der Waals surface area contributed by atoms with Crippen LogP contribution >= 0.6 is 0 Å². The van der Waals surface area contributed by atoms with Crippen molar-refractivity contribution in [2.24, 2.45) is 5.92 Å². The van der Waals surface area contributed by atoms with E-state index in [1.54, 1.807) is 13.3 Å². The normalized spacial score (nSPS) is 18.4. The average Bonchev–Trinajstić information content (AvgIpc) is 2.80. The molecule has 6 heteroatoms. The minimum Gasteiger partial charge on any atom is -0.497 e. The number of halogens is 1. The summed E-state index contributed by atoms with van der Waals surface area (Å²) in [6.07, 6.45) is 5.39. The van der Waals surface area contributed by atoms with E-state index < -0.39 is 5.82 Å². The monoisotopic (exact) mass is 416 g/mol. The number of aromatic nitrogens is 3. The van der Waals surface area contributed by atoms with Crippen LogP contribution in [0.15, 0.2) is 48.9 Å². The Morgan fingerprint density at radius 1 is 1.13 bits per heavy atom. The van der Waals surface area contributed by atoms with Crippen molar-refractivity contribution in [3.05, 3.63) is 54.7 Å². The second-order valence-electron chi connectivity index (χ2n) is 8.26. The molecule has 2 atom stereocenters. The molecule has 1 saturated heterocycles. The molecule has 4 aromatic rings. The molecule has 0 radical (unpaired) electrons. The average molecular weight is 417 g/mol. The van der Waals surface area contributed by atoms with Crippen LogP contribution in [0.3, 0.4) is 0 Å². The van der Waals surface area contributed by atoms with Crippen LogP contribution in [0.1, 0.15) is 26.7 Å². The van der Waals surface area contributed by atoms with Gasteiger partial charge in [0.1, 0.15) is 29.1 Å². The zero-order chi connectivity index (χ0) is 21.5. The fourth-order valence-corrected chi connectivity index (χ4v) is 4.71. The first kappa shape index (κ1) is 19.7. The Kier molecular flexibility index (Phi) is 4.93. The van der Waals surface area contributed by atoms with E-state index >= 15 is 4.39 Å². The second-order valence-corrected chi connectivity index (χ2v) is 8.26. The van der Waals surface area contributed by atoms with Crippen LogP contribution < -0.4 is 9.64 Å². The Balaban J connectivity index is 1.63.